The van der Waals surface area contributed by atoms with Gasteiger partial charge in [-0.1, -0.05) is 31.5 Å². The summed E-state index contributed by atoms with van der Waals surface area (Å²) in [6.45, 7) is 8.46. The maximum atomic E-state index is 5.69. The fraction of sp³-hybridized carbons (Fsp3) is 0.625. The molecular weight excluding hydrogens is 222 g/mol. The van der Waals surface area contributed by atoms with Crippen LogP contribution in [0.5, 0.6) is 5.75 Å². The molecule has 0 heterocycles. The van der Waals surface area contributed by atoms with E-state index in [1.165, 1.54) is 24.8 Å². The van der Waals surface area contributed by atoms with Gasteiger partial charge in [0.15, 0.2) is 0 Å². The number of nitrogens with one attached hydrogen (secondary N) is 1. The molecule has 0 amide bonds. The van der Waals surface area contributed by atoms with Crippen LogP contribution in [-0.2, 0) is 0 Å². The van der Waals surface area contributed by atoms with Crippen molar-refractivity contribution in [3.05, 3.63) is 29.8 Å². The Hall–Kier alpha value is -1.02. The van der Waals surface area contributed by atoms with E-state index in [1.54, 1.807) is 0 Å². The minimum atomic E-state index is 0.352. The Morgan fingerprint density at radius 2 is 2.06 bits per heavy atom. The van der Waals surface area contributed by atoms with Crippen molar-refractivity contribution >= 4 is 0 Å². The number of ether oxygens (including phenoxy) is 1. The van der Waals surface area contributed by atoms with Crippen LogP contribution in [0, 0.1) is 5.41 Å². The van der Waals surface area contributed by atoms with Crippen molar-refractivity contribution in [3.63, 3.8) is 0 Å². The molecule has 2 nitrogen and oxygen atoms in total. The number of hydrogen-bond acceptors (Lipinski definition) is 2. The molecule has 0 bridgehead atoms. The smallest absolute Gasteiger partial charge is 0.124 e. The molecule has 1 unspecified atom stereocenters. The van der Waals surface area contributed by atoms with Crippen molar-refractivity contribution in [1.82, 2.24) is 5.32 Å². The van der Waals surface area contributed by atoms with E-state index in [1.807, 2.05) is 13.0 Å². The lowest BCUT2D eigenvalue weighted by Crippen LogP contribution is -2.38. The average Bonchev–Trinajstić information content (AvgIpc) is 2.35. The van der Waals surface area contributed by atoms with Gasteiger partial charge < -0.3 is 10.1 Å². The molecule has 1 saturated carbocycles. The molecule has 1 fully saturated rings. The van der Waals surface area contributed by atoms with Gasteiger partial charge in [0.2, 0.25) is 0 Å². The van der Waals surface area contributed by atoms with Gasteiger partial charge in [0, 0.05) is 18.2 Å². The quantitative estimate of drug-likeness (QED) is 0.822. The second kappa shape index (κ2) is 5.75. The number of benzene rings is 1. The molecule has 2 heteroatoms. The highest BCUT2D eigenvalue weighted by Gasteiger charge is 2.31. The lowest BCUT2D eigenvalue weighted by molar-refractivity contribution is 0.151. The van der Waals surface area contributed by atoms with Crippen LogP contribution >= 0.6 is 0 Å². The standard InChI is InChI=1S/C16H25NO/c1-4-18-15-9-6-5-8-14(15)13(2)17-12-16(3)10-7-11-16/h5-6,8-9,13,17H,4,7,10-12H2,1-3H3. The molecule has 0 spiro atoms. The van der Waals surface area contributed by atoms with Crippen LogP contribution in [0.15, 0.2) is 24.3 Å². The SMILES string of the molecule is CCOc1ccccc1C(C)NCC1(C)CCC1. The minimum absolute atomic E-state index is 0.352. The Kier molecular flexibility index (Phi) is 4.28. The third-order valence-corrected chi connectivity index (χ3v) is 4.08. The summed E-state index contributed by atoms with van der Waals surface area (Å²) >= 11 is 0. The van der Waals surface area contributed by atoms with Crippen molar-refractivity contribution in [2.45, 2.75) is 46.1 Å². The minimum Gasteiger partial charge on any atom is -0.494 e. The van der Waals surface area contributed by atoms with Gasteiger partial charge in [-0.25, -0.2) is 0 Å². The lowest BCUT2D eigenvalue weighted by Gasteiger charge is -2.39. The Labute approximate surface area is 111 Å². The highest BCUT2D eigenvalue weighted by molar-refractivity contribution is 5.35. The van der Waals surface area contributed by atoms with E-state index in [0.717, 1.165) is 18.9 Å². The molecule has 1 aromatic carbocycles. The van der Waals surface area contributed by atoms with Crippen molar-refractivity contribution in [2.75, 3.05) is 13.2 Å². The summed E-state index contributed by atoms with van der Waals surface area (Å²) in [5.74, 6) is 1.01. The Bertz CT molecular complexity index is 384. The molecule has 1 aromatic rings. The van der Waals surface area contributed by atoms with E-state index in [4.69, 9.17) is 4.74 Å². The van der Waals surface area contributed by atoms with Gasteiger partial charge in [0.1, 0.15) is 5.75 Å². The van der Waals surface area contributed by atoms with Gasteiger partial charge >= 0.3 is 0 Å². The topological polar surface area (TPSA) is 21.3 Å². The fourth-order valence-corrected chi connectivity index (χ4v) is 2.59. The normalized spacial score (nSPS) is 19.1. The second-order valence-corrected chi connectivity index (χ2v) is 5.74. The summed E-state index contributed by atoms with van der Waals surface area (Å²) in [7, 11) is 0. The van der Waals surface area contributed by atoms with Crippen LogP contribution in [0.4, 0.5) is 0 Å². The zero-order valence-corrected chi connectivity index (χ0v) is 11.8. The van der Waals surface area contributed by atoms with Gasteiger partial charge in [-0.05, 0) is 38.2 Å². The first-order valence-corrected chi connectivity index (χ1v) is 7.10. The van der Waals surface area contributed by atoms with Crippen LogP contribution in [0.1, 0.15) is 51.6 Å². The molecule has 1 N–H and O–H groups in total. The summed E-state index contributed by atoms with van der Waals surface area (Å²) in [6.07, 6.45) is 4.11. The average molecular weight is 247 g/mol. The summed E-state index contributed by atoms with van der Waals surface area (Å²) in [6, 6.07) is 8.69. The molecule has 0 saturated heterocycles. The van der Waals surface area contributed by atoms with E-state index in [2.05, 4.69) is 37.4 Å². The van der Waals surface area contributed by atoms with Crippen LogP contribution in [0.3, 0.4) is 0 Å². The Morgan fingerprint density at radius 3 is 2.67 bits per heavy atom. The van der Waals surface area contributed by atoms with Gasteiger partial charge in [-0.2, -0.15) is 0 Å². The molecule has 2 rings (SSSR count). The summed E-state index contributed by atoms with van der Waals surface area (Å²) in [5.41, 5.74) is 1.79. The Balaban J connectivity index is 1.97. The largest absolute Gasteiger partial charge is 0.494 e. The van der Waals surface area contributed by atoms with Crippen LogP contribution < -0.4 is 10.1 Å². The zero-order valence-electron chi connectivity index (χ0n) is 11.8. The van der Waals surface area contributed by atoms with E-state index in [0.29, 0.717) is 11.5 Å². The van der Waals surface area contributed by atoms with Crippen molar-refractivity contribution in [2.24, 2.45) is 5.41 Å². The summed E-state index contributed by atoms with van der Waals surface area (Å²) in [4.78, 5) is 0. The molecular formula is C16H25NO. The van der Waals surface area contributed by atoms with Crippen LogP contribution in [-0.4, -0.2) is 13.2 Å². The van der Waals surface area contributed by atoms with Crippen molar-refractivity contribution in [1.29, 1.82) is 0 Å². The van der Waals surface area contributed by atoms with Crippen LogP contribution in [0.25, 0.3) is 0 Å². The first-order valence-electron chi connectivity index (χ1n) is 7.10. The Morgan fingerprint density at radius 1 is 1.33 bits per heavy atom. The molecule has 1 aliphatic carbocycles. The molecule has 0 aliphatic heterocycles. The maximum absolute atomic E-state index is 5.69. The van der Waals surface area contributed by atoms with Crippen molar-refractivity contribution in [3.8, 4) is 5.75 Å². The van der Waals surface area contributed by atoms with E-state index < -0.39 is 0 Å². The van der Waals surface area contributed by atoms with Gasteiger partial charge in [-0.3, -0.25) is 0 Å². The first-order chi connectivity index (χ1) is 8.64. The molecule has 100 valence electrons. The molecule has 0 aromatic heterocycles. The number of hydrogen-bond donors (Lipinski definition) is 1. The van der Waals surface area contributed by atoms with Gasteiger partial charge in [-0.15, -0.1) is 0 Å². The number of rotatable bonds is 6. The highest BCUT2D eigenvalue weighted by atomic mass is 16.5. The van der Waals surface area contributed by atoms with E-state index >= 15 is 0 Å². The van der Waals surface area contributed by atoms with Gasteiger partial charge in [0.25, 0.3) is 0 Å². The second-order valence-electron chi connectivity index (χ2n) is 5.74. The predicted molar refractivity (Wildman–Crippen MR) is 76.0 cm³/mol. The zero-order chi connectivity index (χ0) is 13.0. The lowest BCUT2D eigenvalue weighted by atomic mass is 9.70. The third kappa shape index (κ3) is 3.05. The monoisotopic (exact) mass is 247 g/mol. The molecule has 18 heavy (non-hydrogen) atoms. The summed E-state index contributed by atoms with van der Waals surface area (Å²) < 4.78 is 5.69. The fourth-order valence-electron chi connectivity index (χ4n) is 2.59. The van der Waals surface area contributed by atoms with Crippen LogP contribution in [0.2, 0.25) is 0 Å². The summed E-state index contributed by atoms with van der Waals surface area (Å²) in [5, 5.41) is 3.66. The van der Waals surface area contributed by atoms with E-state index in [-0.39, 0.29) is 0 Å². The van der Waals surface area contributed by atoms with Crippen molar-refractivity contribution < 1.29 is 4.74 Å². The molecule has 1 aliphatic rings. The first kappa shape index (κ1) is 13.4. The maximum Gasteiger partial charge on any atom is 0.124 e. The number of para-hydroxylation sites is 1. The molecule has 1 atom stereocenters. The van der Waals surface area contributed by atoms with E-state index in [9.17, 15) is 0 Å². The predicted octanol–water partition coefficient (Wildman–Crippen LogP) is 3.93. The highest BCUT2D eigenvalue weighted by Crippen LogP contribution is 2.40. The molecule has 0 radical (unpaired) electrons. The third-order valence-electron chi connectivity index (χ3n) is 4.08. The van der Waals surface area contributed by atoms with Gasteiger partial charge in [0.05, 0.1) is 6.61 Å².